The van der Waals surface area contributed by atoms with E-state index in [1.807, 2.05) is 18.2 Å². The lowest BCUT2D eigenvalue weighted by Crippen LogP contribution is -2.31. The van der Waals surface area contributed by atoms with Gasteiger partial charge in [0.25, 0.3) is 5.91 Å². The molecule has 1 aromatic carbocycles. The lowest BCUT2D eigenvalue weighted by Gasteiger charge is -2.14. The normalized spacial score (nSPS) is 19.6. The maximum absolute atomic E-state index is 12.1. The third-order valence-corrected chi connectivity index (χ3v) is 4.41. The number of rotatable bonds is 4. The number of nitrogens with zero attached hydrogens (tertiary/aromatic N) is 1. The molecule has 1 N–H and O–H groups in total. The van der Waals surface area contributed by atoms with Crippen LogP contribution in [0.2, 0.25) is 0 Å². The average molecular weight is 390 g/mol. The number of benzene rings is 1. The van der Waals surface area contributed by atoms with Crippen molar-refractivity contribution in [2.24, 2.45) is 5.92 Å². The fraction of sp³-hybridized carbons (Fsp3) is 0.500. The summed E-state index contributed by atoms with van der Waals surface area (Å²) in [5, 5.41) is 3.03. The number of amides is 1. The van der Waals surface area contributed by atoms with E-state index in [1.165, 1.54) is 6.42 Å². The molecule has 1 saturated heterocycles. The first-order valence-corrected chi connectivity index (χ1v) is 8.13. The van der Waals surface area contributed by atoms with E-state index in [0.29, 0.717) is 11.5 Å². The van der Waals surface area contributed by atoms with Crippen molar-refractivity contribution in [1.82, 2.24) is 10.2 Å². The number of hydrogen-bond acceptors (Lipinski definition) is 2. The molecule has 1 heterocycles. The molecule has 0 spiro atoms. The van der Waals surface area contributed by atoms with Crippen molar-refractivity contribution < 1.29 is 4.79 Å². The van der Waals surface area contributed by atoms with Gasteiger partial charge in [-0.3, -0.25) is 4.79 Å². The van der Waals surface area contributed by atoms with Crippen LogP contribution in [0.1, 0.15) is 23.7 Å². The summed E-state index contributed by atoms with van der Waals surface area (Å²) in [5.41, 5.74) is 0.687. The number of hydrogen-bond donors (Lipinski definition) is 1. The Morgan fingerprint density at radius 1 is 1.37 bits per heavy atom. The molecular formula is C14H18Br2N2O. The Hall–Kier alpha value is -0.390. The van der Waals surface area contributed by atoms with Crippen molar-refractivity contribution in [2.45, 2.75) is 13.3 Å². The van der Waals surface area contributed by atoms with Crippen molar-refractivity contribution >= 4 is 37.8 Å². The fourth-order valence-electron chi connectivity index (χ4n) is 2.39. The summed E-state index contributed by atoms with van der Waals surface area (Å²) in [6, 6.07) is 5.60. The predicted octanol–water partition coefficient (Wildman–Crippen LogP) is 3.28. The molecule has 0 aliphatic carbocycles. The molecule has 0 aromatic heterocycles. The lowest BCUT2D eigenvalue weighted by atomic mass is 10.1. The molecule has 1 aliphatic rings. The van der Waals surface area contributed by atoms with Crippen LogP contribution in [-0.4, -0.2) is 37.0 Å². The number of halogens is 2. The summed E-state index contributed by atoms with van der Waals surface area (Å²) in [6.07, 6.45) is 1.18. The molecule has 104 valence electrons. The minimum Gasteiger partial charge on any atom is -0.352 e. The maximum atomic E-state index is 12.1. The van der Waals surface area contributed by atoms with E-state index >= 15 is 0 Å². The summed E-state index contributed by atoms with van der Waals surface area (Å²) in [7, 11) is 0. The number of carbonyl (C=O) groups is 1. The van der Waals surface area contributed by atoms with E-state index in [-0.39, 0.29) is 5.91 Å². The molecule has 1 amide bonds. The number of carbonyl (C=O) groups excluding carboxylic acids is 1. The number of nitrogens with one attached hydrogen (secondary N) is 1. The summed E-state index contributed by atoms with van der Waals surface area (Å²) in [6.45, 7) is 6.29. The summed E-state index contributed by atoms with van der Waals surface area (Å²) >= 11 is 6.80. The largest absolute Gasteiger partial charge is 0.352 e. The molecule has 1 fully saturated rings. The van der Waals surface area contributed by atoms with E-state index in [1.54, 1.807) is 0 Å². The Morgan fingerprint density at radius 2 is 2.05 bits per heavy atom. The van der Waals surface area contributed by atoms with Crippen LogP contribution >= 0.6 is 31.9 Å². The van der Waals surface area contributed by atoms with Gasteiger partial charge in [0.1, 0.15) is 0 Å². The van der Waals surface area contributed by atoms with Crippen LogP contribution < -0.4 is 5.32 Å². The Balaban J connectivity index is 1.87. The van der Waals surface area contributed by atoms with Gasteiger partial charge in [0.2, 0.25) is 0 Å². The highest BCUT2D eigenvalue weighted by Crippen LogP contribution is 2.20. The molecule has 5 heteroatoms. The van der Waals surface area contributed by atoms with Crippen molar-refractivity contribution in [1.29, 1.82) is 0 Å². The lowest BCUT2D eigenvalue weighted by molar-refractivity contribution is 0.0947. The van der Waals surface area contributed by atoms with Crippen LogP contribution in [0, 0.1) is 5.92 Å². The first-order valence-electron chi connectivity index (χ1n) is 6.55. The van der Waals surface area contributed by atoms with Gasteiger partial charge in [0.15, 0.2) is 0 Å². The van der Waals surface area contributed by atoms with E-state index in [4.69, 9.17) is 0 Å². The van der Waals surface area contributed by atoms with Crippen molar-refractivity contribution in [2.75, 3.05) is 26.2 Å². The molecule has 1 unspecified atom stereocenters. The Morgan fingerprint density at radius 3 is 2.63 bits per heavy atom. The van der Waals surface area contributed by atoms with Gasteiger partial charge in [-0.2, -0.15) is 0 Å². The zero-order chi connectivity index (χ0) is 13.8. The minimum atomic E-state index is -0.00283. The van der Waals surface area contributed by atoms with Crippen molar-refractivity contribution in [3.63, 3.8) is 0 Å². The highest BCUT2D eigenvalue weighted by atomic mass is 79.9. The molecule has 2 rings (SSSR count). The van der Waals surface area contributed by atoms with Gasteiger partial charge < -0.3 is 10.2 Å². The first kappa shape index (κ1) is 15.0. The summed E-state index contributed by atoms with van der Waals surface area (Å²) in [4.78, 5) is 14.5. The van der Waals surface area contributed by atoms with E-state index in [2.05, 4.69) is 49.0 Å². The highest BCUT2D eigenvalue weighted by molar-refractivity contribution is 9.11. The van der Waals surface area contributed by atoms with Gasteiger partial charge in [-0.25, -0.2) is 0 Å². The van der Waals surface area contributed by atoms with Crippen LogP contribution in [-0.2, 0) is 0 Å². The summed E-state index contributed by atoms with van der Waals surface area (Å²) < 4.78 is 1.81. The van der Waals surface area contributed by atoms with Crippen LogP contribution in [0.25, 0.3) is 0 Å². The third-order valence-electron chi connectivity index (χ3n) is 3.49. The first-order chi connectivity index (χ1) is 9.08. The molecule has 1 aromatic rings. The second-order valence-corrected chi connectivity index (χ2v) is 6.75. The van der Waals surface area contributed by atoms with Crippen molar-refractivity contribution in [3.05, 3.63) is 32.7 Å². The van der Waals surface area contributed by atoms with Gasteiger partial charge in [-0.05, 0) is 43.6 Å². The summed E-state index contributed by atoms with van der Waals surface area (Å²) in [5.74, 6) is 0.580. The van der Waals surface area contributed by atoms with E-state index in [9.17, 15) is 4.79 Å². The quantitative estimate of drug-likeness (QED) is 0.856. The molecule has 0 bridgehead atoms. The molecule has 19 heavy (non-hydrogen) atoms. The van der Waals surface area contributed by atoms with Gasteiger partial charge in [0.05, 0.1) is 0 Å². The van der Waals surface area contributed by atoms with Gasteiger partial charge in [-0.15, -0.1) is 0 Å². The maximum Gasteiger partial charge on any atom is 0.251 e. The standard InChI is InChI=1S/C14H18Br2N2O/c1-2-18-4-3-10(9-18)8-17-14(19)11-5-12(15)7-13(16)6-11/h5-7,10H,2-4,8-9H2,1H3,(H,17,19). The topological polar surface area (TPSA) is 32.3 Å². The highest BCUT2D eigenvalue weighted by Gasteiger charge is 2.21. The molecule has 0 saturated carbocycles. The zero-order valence-corrected chi connectivity index (χ0v) is 14.1. The Kier molecular flexibility index (Phi) is 5.42. The van der Waals surface area contributed by atoms with Gasteiger partial charge >= 0.3 is 0 Å². The molecule has 0 radical (unpaired) electrons. The van der Waals surface area contributed by atoms with Crippen LogP contribution in [0.15, 0.2) is 27.1 Å². The fourth-order valence-corrected chi connectivity index (χ4v) is 3.68. The number of likely N-dealkylation sites (tertiary alicyclic amines) is 1. The average Bonchev–Trinajstić information content (AvgIpc) is 2.82. The second kappa shape index (κ2) is 6.86. The minimum absolute atomic E-state index is 0.00283. The van der Waals surface area contributed by atoms with E-state index < -0.39 is 0 Å². The monoisotopic (exact) mass is 388 g/mol. The zero-order valence-electron chi connectivity index (χ0n) is 11.0. The van der Waals surface area contributed by atoms with Gasteiger partial charge in [0, 0.05) is 27.6 Å². The van der Waals surface area contributed by atoms with Gasteiger partial charge in [-0.1, -0.05) is 38.8 Å². The molecular weight excluding hydrogens is 372 g/mol. The predicted molar refractivity (Wildman–Crippen MR) is 84.4 cm³/mol. The molecule has 1 atom stereocenters. The second-order valence-electron chi connectivity index (χ2n) is 4.92. The van der Waals surface area contributed by atoms with E-state index in [0.717, 1.165) is 35.1 Å². The van der Waals surface area contributed by atoms with Crippen molar-refractivity contribution in [3.8, 4) is 0 Å². The third kappa shape index (κ3) is 4.29. The molecule has 1 aliphatic heterocycles. The SMILES string of the molecule is CCN1CCC(CNC(=O)c2cc(Br)cc(Br)c2)C1. The molecule has 3 nitrogen and oxygen atoms in total. The smallest absolute Gasteiger partial charge is 0.251 e. The van der Waals surface area contributed by atoms with Crippen LogP contribution in [0.4, 0.5) is 0 Å². The van der Waals surface area contributed by atoms with Crippen LogP contribution in [0.5, 0.6) is 0 Å². The Labute approximate surface area is 131 Å². The Bertz CT molecular complexity index is 445. The van der Waals surface area contributed by atoms with Crippen LogP contribution in [0.3, 0.4) is 0 Å².